The molecule has 1 heterocycles. The standard InChI is InChI=1S/C21H11F7IN3O3/c22-12-8(4-5-31-18(12)30)7-11-13(23)16(29)14(24)15(25)17(11)32-10-3-1-2-9(6-10)19(33)35-20(34)21(26,27)28/h1-6,32H,7H2,(H2,30,31). The molecule has 0 aliphatic rings. The number of rotatable bonds is 5. The van der Waals surface area contributed by atoms with Crippen LogP contribution in [-0.2, 0) is 16.0 Å². The normalized spacial score (nSPS) is 11.3. The van der Waals surface area contributed by atoms with Crippen molar-refractivity contribution in [3.8, 4) is 0 Å². The first-order valence-electron chi connectivity index (χ1n) is 9.25. The number of hydrogen-bond acceptors (Lipinski definition) is 6. The Balaban J connectivity index is 2.02. The number of hydrogen-bond donors (Lipinski definition) is 2. The summed E-state index contributed by atoms with van der Waals surface area (Å²) in [5.41, 5.74) is 3.14. The van der Waals surface area contributed by atoms with E-state index in [-0.39, 0.29) is 11.3 Å². The molecule has 0 radical (unpaired) electrons. The van der Waals surface area contributed by atoms with Crippen molar-refractivity contribution in [2.75, 3.05) is 11.1 Å². The summed E-state index contributed by atoms with van der Waals surface area (Å²) in [7, 11) is 0. The fraction of sp³-hybridized carbons (Fsp3) is 0.0952. The smallest absolute Gasteiger partial charge is 0.383 e. The van der Waals surface area contributed by atoms with Crippen LogP contribution in [-0.4, -0.2) is 23.1 Å². The van der Waals surface area contributed by atoms with Gasteiger partial charge >= 0.3 is 18.1 Å². The Morgan fingerprint density at radius 3 is 2.37 bits per heavy atom. The van der Waals surface area contributed by atoms with Gasteiger partial charge in [-0.3, -0.25) is 0 Å². The predicted octanol–water partition coefficient (Wildman–Crippen LogP) is 5.40. The summed E-state index contributed by atoms with van der Waals surface area (Å²) in [5.74, 6) is -10.3. The average Bonchev–Trinajstić information content (AvgIpc) is 2.80. The molecule has 0 saturated carbocycles. The lowest BCUT2D eigenvalue weighted by Gasteiger charge is -2.17. The molecule has 2 aromatic carbocycles. The molecule has 1 aromatic heterocycles. The molecule has 6 nitrogen and oxygen atoms in total. The second-order valence-corrected chi connectivity index (χ2v) is 7.91. The Labute approximate surface area is 205 Å². The van der Waals surface area contributed by atoms with E-state index in [1.54, 1.807) is 0 Å². The zero-order chi connectivity index (χ0) is 26.1. The molecule has 0 bridgehead atoms. The van der Waals surface area contributed by atoms with Gasteiger partial charge in [-0.05, 0) is 52.4 Å². The van der Waals surface area contributed by atoms with Crippen LogP contribution in [0.15, 0.2) is 36.5 Å². The number of benzene rings is 2. The quantitative estimate of drug-likeness (QED) is 0.100. The number of nitrogens with one attached hydrogen (secondary N) is 1. The summed E-state index contributed by atoms with van der Waals surface area (Å²) in [6.45, 7) is 0. The van der Waals surface area contributed by atoms with Crippen LogP contribution in [0.1, 0.15) is 21.5 Å². The maximum Gasteiger partial charge on any atom is 0.491 e. The highest BCUT2D eigenvalue weighted by atomic mass is 127. The van der Waals surface area contributed by atoms with Crippen LogP contribution in [0.4, 0.5) is 47.9 Å². The highest BCUT2D eigenvalue weighted by Gasteiger charge is 2.42. The Bertz CT molecular complexity index is 1330. The van der Waals surface area contributed by atoms with Gasteiger partial charge in [-0.1, -0.05) is 6.07 Å². The third kappa shape index (κ3) is 5.63. The molecule has 0 atom stereocenters. The van der Waals surface area contributed by atoms with Crippen molar-refractivity contribution in [2.24, 2.45) is 0 Å². The molecule has 14 heteroatoms. The lowest BCUT2D eigenvalue weighted by atomic mass is 10.0. The van der Waals surface area contributed by atoms with Crippen LogP contribution < -0.4 is 11.1 Å². The van der Waals surface area contributed by atoms with Gasteiger partial charge in [-0.2, -0.15) is 13.2 Å². The molecular weight excluding hydrogens is 602 g/mol. The molecule has 35 heavy (non-hydrogen) atoms. The number of esters is 2. The summed E-state index contributed by atoms with van der Waals surface area (Å²) in [4.78, 5) is 26.3. The minimum absolute atomic E-state index is 0.191. The Hall–Kier alpha value is -3.43. The van der Waals surface area contributed by atoms with E-state index in [2.05, 4.69) is 15.0 Å². The highest BCUT2D eigenvalue weighted by molar-refractivity contribution is 14.1. The third-order valence-corrected chi connectivity index (χ3v) is 5.46. The summed E-state index contributed by atoms with van der Waals surface area (Å²) >= 11 is 1.22. The summed E-state index contributed by atoms with van der Waals surface area (Å²) < 4.78 is 98.4. The van der Waals surface area contributed by atoms with E-state index >= 15 is 0 Å². The minimum atomic E-state index is -5.43. The van der Waals surface area contributed by atoms with E-state index in [9.17, 15) is 40.3 Å². The maximum atomic E-state index is 14.9. The molecular formula is C21H11F7IN3O3. The summed E-state index contributed by atoms with van der Waals surface area (Å²) in [6.07, 6.45) is -4.89. The number of pyridine rings is 1. The SMILES string of the molecule is Nc1nccc(Cc2c(F)c(I)c(F)c(F)c2Nc2cccc(C(=O)OC(=O)C(F)(F)F)c2)c1F. The van der Waals surface area contributed by atoms with Crippen LogP contribution >= 0.6 is 22.6 Å². The van der Waals surface area contributed by atoms with Gasteiger partial charge in [0.2, 0.25) is 0 Å². The number of nitrogens with zero attached hydrogens (tertiary/aromatic N) is 1. The van der Waals surface area contributed by atoms with Crippen LogP contribution in [0.25, 0.3) is 0 Å². The molecule has 0 amide bonds. The number of nitrogens with two attached hydrogens (primary N) is 1. The second kappa shape index (κ2) is 10.1. The van der Waals surface area contributed by atoms with Crippen LogP contribution in [0.2, 0.25) is 0 Å². The van der Waals surface area contributed by atoms with Crippen molar-refractivity contribution in [2.45, 2.75) is 12.6 Å². The topological polar surface area (TPSA) is 94.3 Å². The third-order valence-electron chi connectivity index (χ3n) is 4.51. The van der Waals surface area contributed by atoms with Crippen molar-refractivity contribution >= 4 is 51.7 Å². The first-order valence-corrected chi connectivity index (χ1v) is 10.3. The van der Waals surface area contributed by atoms with Crippen molar-refractivity contribution in [1.29, 1.82) is 0 Å². The molecule has 3 N–H and O–H groups in total. The van der Waals surface area contributed by atoms with E-state index < -0.39 is 74.0 Å². The van der Waals surface area contributed by atoms with Gasteiger partial charge in [0.1, 0.15) is 5.82 Å². The van der Waals surface area contributed by atoms with Gasteiger partial charge in [-0.15, -0.1) is 0 Å². The number of carbonyl (C=O) groups excluding carboxylic acids is 2. The second-order valence-electron chi connectivity index (χ2n) is 6.84. The van der Waals surface area contributed by atoms with E-state index in [0.717, 1.165) is 30.5 Å². The molecule has 0 aliphatic heterocycles. The largest absolute Gasteiger partial charge is 0.491 e. The molecule has 0 spiro atoms. The van der Waals surface area contributed by atoms with Crippen LogP contribution in [0, 0.1) is 26.8 Å². The molecule has 0 aliphatic carbocycles. The monoisotopic (exact) mass is 613 g/mol. The van der Waals surface area contributed by atoms with Gasteiger partial charge in [0.15, 0.2) is 23.3 Å². The van der Waals surface area contributed by atoms with Crippen LogP contribution in [0.3, 0.4) is 0 Å². The Morgan fingerprint density at radius 2 is 1.71 bits per heavy atom. The Kier molecular flexibility index (Phi) is 7.52. The van der Waals surface area contributed by atoms with E-state index in [0.29, 0.717) is 0 Å². The fourth-order valence-electron chi connectivity index (χ4n) is 2.87. The highest BCUT2D eigenvalue weighted by Crippen LogP contribution is 2.35. The van der Waals surface area contributed by atoms with Crippen LogP contribution in [0.5, 0.6) is 0 Å². The van der Waals surface area contributed by atoms with Gasteiger partial charge in [0.25, 0.3) is 0 Å². The van der Waals surface area contributed by atoms with Crippen molar-refractivity contribution in [1.82, 2.24) is 4.98 Å². The van der Waals surface area contributed by atoms with Gasteiger partial charge in [0, 0.05) is 23.9 Å². The van der Waals surface area contributed by atoms with E-state index in [4.69, 9.17) is 5.73 Å². The zero-order valence-corrected chi connectivity index (χ0v) is 19.1. The van der Waals surface area contributed by atoms with Crippen molar-refractivity contribution < 1.29 is 45.1 Å². The number of halogens is 8. The first-order chi connectivity index (χ1) is 16.3. The first kappa shape index (κ1) is 26.2. The molecule has 3 rings (SSSR count). The molecule has 3 aromatic rings. The lowest BCUT2D eigenvalue weighted by Crippen LogP contribution is -2.28. The Morgan fingerprint density at radius 1 is 1.03 bits per heavy atom. The number of nitrogen functional groups attached to an aromatic ring is 1. The van der Waals surface area contributed by atoms with E-state index in [1.165, 1.54) is 28.7 Å². The minimum Gasteiger partial charge on any atom is -0.383 e. The van der Waals surface area contributed by atoms with Gasteiger partial charge in [0.05, 0.1) is 14.8 Å². The number of alkyl halides is 3. The number of ether oxygens (including phenoxy) is 1. The molecule has 184 valence electrons. The zero-order valence-electron chi connectivity index (χ0n) is 16.9. The van der Waals surface area contributed by atoms with Crippen molar-refractivity contribution in [3.05, 3.63) is 80.1 Å². The fourth-order valence-corrected chi connectivity index (χ4v) is 3.43. The summed E-state index contributed by atoms with van der Waals surface area (Å²) in [5, 5.41) is 2.34. The number of anilines is 3. The number of aromatic nitrogens is 1. The number of carbonyl (C=O) groups is 2. The molecule has 0 unspecified atom stereocenters. The predicted molar refractivity (Wildman–Crippen MR) is 117 cm³/mol. The van der Waals surface area contributed by atoms with Gasteiger partial charge in [-0.25, -0.2) is 32.1 Å². The molecule has 0 fully saturated rings. The van der Waals surface area contributed by atoms with Gasteiger partial charge < -0.3 is 15.8 Å². The lowest BCUT2D eigenvalue weighted by molar-refractivity contribution is -0.193. The average molecular weight is 613 g/mol. The maximum absolute atomic E-state index is 14.9. The van der Waals surface area contributed by atoms with E-state index in [1.807, 2.05) is 0 Å². The summed E-state index contributed by atoms with van der Waals surface area (Å²) in [6, 6.07) is 5.30. The van der Waals surface area contributed by atoms with Crippen molar-refractivity contribution in [3.63, 3.8) is 0 Å². The molecule has 0 saturated heterocycles.